The number of ether oxygens (including phenoxy) is 3. The van der Waals surface area contributed by atoms with E-state index in [1.807, 2.05) is 0 Å². The van der Waals surface area contributed by atoms with E-state index in [4.69, 9.17) is 19.9 Å². The topological polar surface area (TPSA) is 185 Å². The molecule has 0 aliphatic carbocycles. The molecule has 0 saturated heterocycles. The smallest absolute Gasteiger partial charge is 0.424 e. The maximum atomic E-state index is 13.6. The van der Waals surface area contributed by atoms with Crippen molar-refractivity contribution in [2.24, 2.45) is 11.7 Å². The van der Waals surface area contributed by atoms with Crippen LogP contribution in [0.5, 0.6) is 5.75 Å². The summed E-state index contributed by atoms with van der Waals surface area (Å²) in [5.74, 6) is -3.60. The molecule has 5 aromatic rings. The van der Waals surface area contributed by atoms with Crippen LogP contribution in [0.15, 0.2) is 90.0 Å². The van der Waals surface area contributed by atoms with Crippen LogP contribution in [0.2, 0.25) is 0 Å². The number of nitrogens with one attached hydrogen (secondary N) is 1. The van der Waals surface area contributed by atoms with Gasteiger partial charge in [-0.25, -0.2) is 27.0 Å². The zero-order valence-corrected chi connectivity index (χ0v) is 31.1. The monoisotopic (exact) mass is 800 g/mol. The zero-order valence-electron chi connectivity index (χ0n) is 30.3. The molecule has 0 aliphatic rings. The van der Waals surface area contributed by atoms with Crippen molar-refractivity contribution in [3.63, 3.8) is 0 Å². The number of rotatable bonds is 13. The van der Waals surface area contributed by atoms with Gasteiger partial charge in [-0.2, -0.15) is 18.2 Å². The summed E-state index contributed by atoms with van der Waals surface area (Å²) in [6, 6.07) is 17.4. The summed E-state index contributed by atoms with van der Waals surface area (Å²) in [6.45, 7) is 2.22. The summed E-state index contributed by atoms with van der Waals surface area (Å²) in [4.78, 5) is 43.3. The van der Waals surface area contributed by atoms with Gasteiger partial charge in [0.1, 0.15) is 17.6 Å². The number of sulfone groups is 1. The second-order valence-corrected chi connectivity index (χ2v) is 14.9. The van der Waals surface area contributed by atoms with Crippen molar-refractivity contribution in [2.45, 2.75) is 43.8 Å². The number of aromatic nitrogens is 3. The number of halogens is 4. The van der Waals surface area contributed by atoms with Crippen molar-refractivity contribution in [3.05, 3.63) is 96.4 Å². The molecule has 3 aromatic carbocycles. The minimum absolute atomic E-state index is 0.167. The third-order valence-electron chi connectivity index (χ3n) is 8.32. The first kappa shape index (κ1) is 41.1. The molecule has 0 fully saturated rings. The molecule has 0 saturated carbocycles. The predicted molar refractivity (Wildman–Crippen MR) is 195 cm³/mol. The molecular formula is C37H36F4N6O8S. The minimum Gasteiger partial charge on any atom is -0.482 e. The molecule has 2 heterocycles. The number of hydrogen-bond acceptors (Lipinski definition) is 11. The average molecular weight is 801 g/mol. The SMILES string of the molecule is CC(C)[C@H](N)C(=O)OCOC(=O)N(c1nc2ccc(-c3ccc(NC(=O)[C@H](C)c4ccc(F)cc4)cc3)cn2n1)c1ccc(S(C)(=O)=O)cc1OCC(F)(F)F. The zero-order chi connectivity index (χ0) is 40.9. The Labute approximate surface area is 318 Å². The van der Waals surface area contributed by atoms with E-state index < -0.39 is 81.5 Å². The first-order valence-corrected chi connectivity index (χ1v) is 18.7. The lowest BCUT2D eigenvalue weighted by Crippen LogP contribution is -2.38. The molecule has 0 spiro atoms. The number of anilines is 3. The molecule has 14 nitrogen and oxygen atoms in total. The highest BCUT2D eigenvalue weighted by Crippen LogP contribution is 2.37. The van der Waals surface area contributed by atoms with Gasteiger partial charge in [0.25, 0.3) is 5.95 Å². The molecule has 56 heavy (non-hydrogen) atoms. The van der Waals surface area contributed by atoms with Crippen LogP contribution in [0.25, 0.3) is 16.8 Å². The highest BCUT2D eigenvalue weighted by Gasteiger charge is 2.33. The van der Waals surface area contributed by atoms with Gasteiger partial charge >= 0.3 is 18.2 Å². The van der Waals surface area contributed by atoms with Crippen LogP contribution < -0.4 is 20.7 Å². The summed E-state index contributed by atoms with van der Waals surface area (Å²) >= 11 is 0. The molecule has 0 unspecified atom stereocenters. The molecule has 0 bridgehead atoms. The minimum atomic E-state index is -4.85. The number of hydrogen-bond donors (Lipinski definition) is 2. The van der Waals surface area contributed by atoms with E-state index in [-0.39, 0.29) is 17.5 Å². The fraction of sp³-hybridized carbons (Fsp3) is 0.270. The standard InChI is InChI=1S/C37H36F4N6O8S/c1-21(2)32(42)34(49)54-20-55-36(50)47(29-15-14-28(56(4,51)52)17-30(29)53-19-37(39,40)41)35-44-31-16-9-25(18-46(31)45-35)24-7-12-27(13-8-24)43-33(48)22(3)23-5-10-26(38)11-6-23/h5-18,21-22,32H,19-20,42H2,1-4H3,(H,43,48)/t22-,32+/m1/s1. The van der Waals surface area contributed by atoms with E-state index in [1.54, 1.807) is 57.3 Å². The summed E-state index contributed by atoms with van der Waals surface area (Å²) in [6.07, 6.45) is -3.80. The van der Waals surface area contributed by atoms with E-state index >= 15 is 0 Å². The number of esters is 1. The van der Waals surface area contributed by atoms with Crippen LogP contribution in [-0.4, -0.2) is 72.9 Å². The fourth-order valence-electron chi connectivity index (χ4n) is 5.08. The Balaban J connectivity index is 1.45. The Morgan fingerprint density at radius 2 is 1.59 bits per heavy atom. The highest BCUT2D eigenvalue weighted by molar-refractivity contribution is 7.90. The first-order chi connectivity index (χ1) is 26.3. The Morgan fingerprint density at radius 1 is 0.929 bits per heavy atom. The fourth-order valence-corrected chi connectivity index (χ4v) is 5.72. The second-order valence-electron chi connectivity index (χ2n) is 12.9. The maximum absolute atomic E-state index is 13.6. The van der Waals surface area contributed by atoms with Crippen molar-refractivity contribution in [2.75, 3.05) is 29.9 Å². The van der Waals surface area contributed by atoms with E-state index in [0.717, 1.165) is 24.5 Å². The van der Waals surface area contributed by atoms with Gasteiger partial charge in [-0.15, -0.1) is 5.10 Å². The van der Waals surface area contributed by atoms with Crippen LogP contribution >= 0.6 is 0 Å². The van der Waals surface area contributed by atoms with Crippen molar-refractivity contribution < 1.29 is 54.6 Å². The predicted octanol–water partition coefficient (Wildman–Crippen LogP) is 6.38. The summed E-state index contributed by atoms with van der Waals surface area (Å²) in [5.41, 5.74) is 7.92. The molecule has 2 atom stereocenters. The highest BCUT2D eigenvalue weighted by atomic mass is 32.2. The Morgan fingerprint density at radius 3 is 2.21 bits per heavy atom. The average Bonchev–Trinajstić information content (AvgIpc) is 3.56. The number of pyridine rings is 1. The van der Waals surface area contributed by atoms with Crippen molar-refractivity contribution in [1.82, 2.24) is 14.6 Å². The van der Waals surface area contributed by atoms with Gasteiger partial charge in [0.2, 0.25) is 12.7 Å². The van der Waals surface area contributed by atoms with Crippen molar-refractivity contribution >= 4 is 50.8 Å². The number of nitrogens with zero attached hydrogens (tertiary/aromatic N) is 4. The van der Waals surface area contributed by atoms with Crippen molar-refractivity contribution in [3.8, 4) is 16.9 Å². The maximum Gasteiger partial charge on any atom is 0.424 e. The van der Waals surface area contributed by atoms with Gasteiger partial charge in [0.05, 0.1) is 16.5 Å². The van der Waals surface area contributed by atoms with Gasteiger partial charge in [-0.3, -0.25) is 9.59 Å². The number of fused-ring (bicyclic) bond motifs is 1. The number of alkyl halides is 3. The quantitative estimate of drug-likeness (QED) is 0.0765. The lowest BCUT2D eigenvalue weighted by Gasteiger charge is -2.22. The molecule has 19 heteroatoms. The third-order valence-corrected chi connectivity index (χ3v) is 9.43. The molecule has 2 aromatic heterocycles. The van der Waals surface area contributed by atoms with Gasteiger partial charge in [0.15, 0.2) is 22.1 Å². The Bertz CT molecular complexity index is 2340. The molecule has 3 N–H and O–H groups in total. The Hall–Kier alpha value is -6.08. The molecule has 2 amide bonds. The van der Waals surface area contributed by atoms with Crippen LogP contribution in [-0.2, 0) is 28.9 Å². The third kappa shape index (κ3) is 10.2. The Kier molecular flexibility index (Phi) is 12.3. The van der Waals surface area contributed by atoms with Gasteiger partial charge in [-0.05, 0) is 72.5 Å². The van der Waals surface area contributed by atoms with Crippen LogP contribution in [0.3, 0.4) is 0 Å². The number of carbonyl (C=O) groups excluding carboxylic acids is 3. The molecule has 0 radical (unpaired) electrons. The van der Waals surface area contributed by atoms with Crippen LogP contribution in [0.4, 0.5) is 39.7 Å². The van der Waals surface area contributed by atoms with E-state index in [9.17, 15) is 40.4 Å². The molecule has 296 valence electrons. The van der Waals surface area contributed by atoms with Crippen molar-refractivity contribution in [1.29, 1.82) is 0 Å². The summed E-state index contributed by atoms with van der Waals surface area (Å²) < 4.78 is 94.1. The van der Waals surface area contributed by atoms with Crippen LogP contribution in [0.1, 0.15) is 32.3 Å². The second kappa shape index (κ2) is 16.7. The molecule has 0 aliphatic heterocycles. The summed E-state index contributed by atoms with van der Waals surface area (Å²) in [5, 5.41) is 7.17. The van der Waals surface area contributed by atoms with E-state index in [1.165, 1.54) is 34.8 Å². The molecular weight excluding hydrogens is 765 g/mol. The largest absolute Gasteiger partial charge is 0.482 e. The number of amides is 2. The summed E-state index contributed by atoms with van der Waals surface area (Å²) in [7, 11) is -3.96. The normalized spacial score (nSPS) is 12.9. The first-order valence-electron chi connectivity index (χ1n) is 16.8. The number of nitrogens with two attached hydrogens (primary N) is 1. The van der Waals surface area contributed by atoms with E-state index in [2.05, 4.69) is 15.4 Å². The van der Waals surface area contributed by atoms with Crippen LogP contribution in [0, 0.1) is 11.7 Å². The number of benzene rings is 3. The van der Waals surface area contributed by atoms with Gasteiger partial charge in [0, 0.05) is 29.8 Å². The van der Waals surface area contributed by atoms with E-state index in [0.29, 0.717) is 27.3 Å². The molecule has 5 rings (SSSR count). The number of carbonyl (C=O) groups is 3. The van der Waals surface area contributed by atoms with Gasteiger partial charge in [-0.1, -0.05) is 38.1 Å². The lowest BCUT2D eigenvalue weighted by molar-refractivity contribution is -0.154. The van der Waals surface area contributed by atoms with Gasteiger partial charge < -0.3 is 25.3 Å². The lowest BCUT2D eigenvalue weighted by atomic mass is 10.00.